The number of nitrogens with two attached hydrogens (primary N) is 1. The highest BCUT2D eigenvalue weighted by molar-refractivity contribution is 5.03. The summed E-state index contributed by atoms with van der Waals surface area (Å²) in [6, 6.07) is 0. The molecule has 0 aromatic carbocycles. The maximum Gasteiger partial charge on any atom is 0.252 e. The molecule has 2 saturated carbocycles. The molecule has 0 amide bonds. The molecule has 0 spiro atoms. The van der Waals surface area contributed by atoms with E-state index in [0.717, 1.165) is 25.7 Å². The highest BCUT2D eigenvalue weighted by Gasteiger charge is 2.51. The molecule has 13 heavy (non-hydrogen) atoms. The van der Waals surface area contributed by atoms with Crippen LogP contribution in [0.5, 0.6) is 0 Å². The van der Waals surface area contributed by atoms with E-state index in [4.69, 9.17) is 5.73 Å². The van der Waals surface area contributed by atoms with Crippen LogP contribution in [0.15, 0.2) is 0 Å². The molecular formula is C10H17F2N. The van der Waals surface area contributed by atoms with Crippen LogP contribution >= 0.6 is 0 Å². The summed E-state index contributed by atoms with van der Waals surface area (Å²) in [5.74, 6) is -2.88. The van der Waals surface area contributed by atoms with Crippen molar-refractivity contribution in [3.05, 3.63) is 0 Å². The van der Waals surface area contributed by atoms with Crippen molar-refractivity contribution in [1.29, 1.82) is 0 Å². The summed E-state index contributed by atoms with van der Waals surface area (Å²) >= 11 is 0. The first kappa shape index (κ1) is 9.38. The third-order valence-corrected chi connectivity index (χ3v) is 3.43. The molecule has 0 heterocycles. The number of alkyl halides is 2. The minimum absolute atomic E-state index is 0.0787. The Labute approximate surface area is 77.7 Å². The Morgan fingerprint density at radius 1 is 1.23 bits per heavy atom. The maximum atomic E-state index is 13.6. The van der Waals surface area contributed by atoms with Gasteiger partial charge in [-0.05, 0) is 25.7 Å². The summed E-state index contributed by atoms with van der Waals surface area (Å²) in [6.07, 6.45) is 4.83. The van der Waals surface area contributed by atoms with Gasteiger partial charge in [0.25, 0.3) is 5.92 Å². The van der Waals surface area contributed by atoms with Crippen LogP contribution in [0.1, 0.15) is 44.9 Å². The highest BCUT2D eigenvalue weighted by Crippen LogP contribution is 2.47. The van der Waals surface area contributed by atoms with Crippen molar-refractivity contribution >= 4 is 0 Å². The van der Waals surface area contributed by atoms with Gasteiger partial charge in [0, 0.05) is 17.9 Å². The number of halogens is 2. The van der Waals surface area contributed by atoms with Gasteiger partial charge >= 0.3 is 0 Å². The van der Waals surface area contributed by atoms with E-state index in [9.17, 15) is 8.78 Å². The van der Waals surface area contributed by atoms with E-state index in [2.05, 4.69) is 0 Å². The van der Waals surface area contributed by atoms with Gasteiger partial charge in [0.2, 0.25) is 0 Å². The molecule has 0 aliphatic heterocycles. The first-order valence-electron chi connectivity index (χ1n) is 5.19. The molecule has 0 aromatic heterocycles. The topological polar surface area (TPSA) is 26.0 Å². The van der Waals surface area contributed by atoms with Crippen LogP contribution in [-0.2, 0) is 0 Å². The lowest BCUT2D eigenvalue weighted by atomic mass is 9.93. The van der Waals surface area contributed by atoms with Crippen LogP contribution in [0, 0.1) is 5.92 Å². The van der Waals surface area contributed by atoms with Crippen molar-refractivity contribution in [2.45, 2.75) is 56.4 Å². The third-order valence-electron chi connectivity index (χ3n) is 3.43. The molecule has 2 N–H and O–H groups in total. The average molecular weight is 189 g/mol. The molecular weight excluding hydrogens is 172 g/mol. The molecule has 3 heteroatoms. The van der Waals surface area contributed by atoms with Gasteiger partial charge in [-0.15, -0.1) is 0 Å². The Bertz CT molecular complexity index is 193. The van der Waals surface area contributed by atoms with E-state index >= 15 is 0 Å². The van der Waals surface area contributed by atoms with Crippen LogP contribution in [0.2, 0.25) is 0 Å². The molecule has 0 bridgehead atoms. The predicted molar refractivity (Wildman–Crippen MR) is 47.7 cm³/mol. The van der Waals surface area contributed by atoms with E-state index in [0.29, 0.717) is 12.8 Å². The third kappa shape index (κ3) is 2.01. The molecule has 0 unspecified atom stereocenters. The molecule has 0 atom stereocenters. The van der Waals surface area contributed by atoms with Crippen molar-refractivity contribution in [2.75, 3.05) is 0 Å². The molecule has 2 rings (SSSR count). The minimum atomic E-state index is -2.50. The number of rotatable bonds is 3. The van der Waals surface area contributed by atoms with E-state index < -0.39 is 11.5 Å². The van der Waals surface area contributed by atoms with Gasteiger partial charge in [-0.2, -0.15) is 0 Å². The van der Waals surface area contributed by atoms with Crippen molar-refractivity contribution in [1.82, 2.24) is 0 Å². The van der Waals surface area contributed by atoms with Crippen LogP contribution in [0.3, 0.4) is 0 Å². The zero-order valence-electron chi connectivity index (χ0n) is 7.86. The minimum Gasteiger partial charge on any atom is -0.325 e. The fourth-order valence-corrected chi connectivity index (χ4v) is 2.30. The van der Waals surface area contributed by atoms with Gasteiger partial charge in [-0.3, -0.25) is 0 Å². The smallest absolute Gasteiger partial charge is 0.252 e. The summed E-state index contributed by atoms with van der Waals surface area (Å²) in [5.41, 5.74) is 5.21. The fourth-order valence-electron chi connectivity index (χ4n) is 2.30. The second-order valence-corrected chi connectivity index (χ2v) is 4.78. The van der Waals surface area contributed by atoms with Crippen LogP contribution in [0.4, 0.5) is 8.78 Å². The molecule has 0 radical (unpaired) electrons. The van der Waals surface area contributed by atoms with E-state index in [1.165, 1.54) is 0 Å². The van der Waals surface area contributed by atoms with Crippen LogP contribution in [-0.4, -0.2) is 11.5 Å². The monoisotopic (exact) mass is 189 g/mol. The Balaban J connectivity index is 1.93. The average Bonchev–Trinajstić information content (AvgIpc) is 2.53. The van der Waals surface area contributed by atoms with Gasteiger partial charge < -0.3 is 5.73 Å². The standard InChI is InChI=1S/C10H17F2N/c11-10(12,7-9(13)5-6-9)8-3-1-2-4-8/h8H,1-7,13H2. The molecule has 0 aromatic rings. The Hall–Kier alpha value is -0.180. The zero-order chi connectivity index (χ0) is 9.53. The van der Waals surface area contributed by atoms with E-state index in [-0.39, 0.29) is 12.3 Å². The number of hydrogen-bond acceptors (Lipinski definition) is 1. The molecule has 2 aliphatic rings. The van der Waals surface area contributed by atoms with Crippen molar-refractivity contribution < 1.29 is 8.78 Å². The lowest BCUT2D eigenvalue weighted by Crippen LogP contribution is -2.36. The Morgan fingerprint density at radius 3 is 2.23 bits per heavy atom. The summed E-state index contributed by atoms with van der Waals surface area (Å²) in [7, 11) is 0. The first-order chi connectivity index (χ1) is 6.02. The van der Waals surface area contributed by atoms with Gasteiger partial charge in [0.15, 0.2) is 0 Å². The lowest BCUT2D eigenvalue weighted by molar-refractivity contribution is -0.0698. The van der Waals surface area contributed by atoms with Gasteiger partial charge in [0.05, 0.1) is 0 Å². The van der Waals surface area contributed by atoms with Crippen LogP contribution in [0.25, 0.3) is 0 Å². The molecule has 1 nitrogen and oxygen atoms in total. The zero-order valence-corrected chi connectivity index (χ0v) is 7.86. The van der Waals surface area contributed by atoms with Crippen molar-refractivity contribution in [3.63, 3.8) is 0 Å². The molecule has 0 saturated heterocycles. The van der Waals surface area contributed by atoms with Gasteiger partial charge in [-0.1, -0.05) is 12.8 Å². The molecule has 2 fully saturated rings. The number of hydrogen-bond donors (Lipinski definition) is 1. The fraction of sp³-hybridized carbons (Fsp3) is 1.00. The Kier molecular flexibility index (Phi) is 2.10. The summed E-state index contributed by atoms with van der Waals surface area (Å²) in [4.78, 5) is 0. The summed E-state index contributed by atoms with van der Waals surface area (Å²) < 4.78 is 27.2. The Morgan fingerprint density at radius 2 is 1.77 bits per heavy atom. The lowest BCUT2D eigenvalue weighted by Gasteiger charge is -2.25. The van der Waals surface area contributed by atoms with Crippen molar-refractivity contribution in [3.8, 4) is 0 Å². The van der Waals surface area contributed by atoms with E-state index in [1.807, 2.05) is 0 Å². The maximum absolute atomic E-state index is 13.6. The summed E-state index contributed by atoms with van der Waals surface area (Å²) in [5, 5.41) is 0. The molecule has 2 aliphatic carbocycles. The quantitative estimate of drug-likeness (QED) is 0.725. The first-order valence-corrected chi connectivity index (χ1v) is 5.19. The second kappa shape index (κ2) is 2.91. The van der Waals surface area contributed by atoms with Gasteiger partial charge in [-0.25, -0.2) is 8.78 Å². The SMILES string of the molecule is NC1(CC(F)(F)C2CCCC2)CC1. The largest absolute Gasteiger partial charge is 0.325 e. The second-order valence-electron chi connectivity index (χ2n) is 4.78. The van der Waals surface area contributed by atoms with Crippen molar-refractivity contribution in [2.24, 2.45) is 11.7 Å². The summed E-state index contributed by atoms with van der Waals surface area (Å²) in [6.45, 7) is 0. The molecule has 76 valence electrons. The normalized spacial score (nSPS) is 27.9. The van der Waals surface area contributed by atoms with E-state index in [1.54, 1.807) is 0 Å². The van der Waals surface area contributed by atoms with Gasteiger partial charge in [0.1, 0.15) is 0 Å². The predicted octanol–water partition coefficient (Wildman–Crippen LogP) is 2.69. The highest BCUT2D eigenvalue weighted by atomic mass is 19.3. The van der Waals surface area contributed by atoms with Crippen LogP contribution < -0.4 is 5.73 Å².